The van der Waals surface area contributed by atoms with Gasteiger partial charge < -0.3 is 4.74 Å². The number of ketones is 1. The van der Waals surface area contributed by atoms with E-state index in [1.807, 2.05) is 36.4 Å². The minimum atomic E-state index is -0.249. The van der Waals surface area contributed by atoms with Gasteiger partial charge in [0, 0.05) is 12.8 Å². The van der Waals surface area contributed by atoms with Crippen LogP contribution in [0.3, 0.4) is 0 Å². The Labute approximate surface area is 129 Å². The summed E-state index contributed by atoms with van der Waals surface area (Å²) in [6, 6.07) is 16.5. The molecule has 2 aromatic carbocycles. The second kappa shape index (κ2) is 6.84. The lowest BCUT2D eigenvalue weighted by atomic mass is 9.89. The van der Waals surface area contributed by atoms with Gasteiger partial charge in [0.05, 0.1) is 13.2 Å². The monoisotopic (exact) mass is 298 g/mol. The quantitative estimate of drug-likeness (QED) is 0.830. The van der Waals surface area contributed by atoms with Gasteiger partial charge in [0.15, 0.2) is 0 Å². The molecule has 3 rings (SSSR count). The highest BCUT2D eigenvalue weighted by Crippen LogP contribution is 2.38. The number of rotatable bonds is 5. The molecule has 22 heavy (non-hydrogen) atoms. The molecule has 0 N–H and O–H groups in total. The summed E-state index contributed by atoms with van der Waals surface area (Å²) in [7, 11) is 0. The second-order valence-electron chi connectivity index (χ2n) is 5.87. The Kier molecular flexibility index (Phi) is 4.64. The molecule has 0 heterocycles. The van der Waals surface area contributed by atoms with Crippen molar-refractivity contribution in [2.24, 2.45) is 5.92 Å². The molecule has 114 valence electrons. The van der Waals surface area contributed by atoms with Crippen LogP contribution >= 0.6 is 0 Å². The third-order valence-electron chi connectivity index (χ3n) is 4.23. The zero-order valence-electron chi connectivity index (χ0n) is 12.4. The number of halogens is 1. The summed E-state index contributed by atoms with van der Waals surface area (Å²) in [5.41, 5.74) is 2.02. The van der Waals surface area contributed by atoms with Gasteiger partial charge in [0.25, 0.3) is 0 Å². The number of hydrogen-bond donors (Lipinski definition) is 0. The summed E-state index contributed by atoms with van der Waals surface area (Å²) in [4.78, 5) is 11.8. The maximum atomic E-state index is 13.4. The van der Waals surface area contributed by atoms with Crippen LogP contribution in [0.4, 0.5) is 4.39 Å². The lowest BCUT2D eigenvalue weighted by molar-refractivity contribution is -0.117. The van der Waals surface area contributed by atoms with Gasteiger partial charge in [-0.2, -0.15) is 0 Å². The first kappa shape index (κ1) is 14.9. The van der Waals surface area contributed by atoms with E-state index in [1.165, 1.54) is 12.1 Å². The van der Waals surface area contributed by atoms with Crippen LogP contribution in [-0.2, 0) is 16.1 Å². The van der Waals surface area contributed by atoms with Crippen molar-refractivity contribution in [1.82, 2.24) is 0 Å². The van der Waals surface area contributed by atoms with E-state index in [0.29, 0.717) is 26.1 Å². The zero-order chi connectivity index (χ0) is 15.4. The average Bonchev–Trinajstić information content (AvgIpc) is 2.89. The Morgan fingerprint density at radius 3 is 2.64 bits per heavy atom. The maximum Gasteiger partial charge on any atom is 0.133 e. The number of carbonyl (C=O) groups excluding carboxylic acids is 1. The fraction of sp³-hybridized carbons (Fsp3) is 0.316. The van der Waals surface area contributed by atoms with E-state index in [0.717, 1.165) is 11.1 Å². The lowest BCUT2D eigenvalue weighted by Gasteiger charge is -2.19. The summed E-state index contributed by atoms with van der Waals surface area (Å²) < 4.78 is 19.2. The molecule has 2 nitrogen and oxygen atoms in total. The van der Waals surface area contributed by atoms with Crippen molar-refractivity contribution in [2.45, 2.75) is 25.4 Å². The molecule has 2 unspecified atom stereocenters. The molecular formula is C19H19FO2. The van der Waals surface area contributed by atoms with Crippen molar-refractivity contribution in [3.8, 4) is 0 Å². The van der Waals surface area contributed by atoms with E-state index in [2.05, 4.69) is 0 Å². The van der Waals surface area contributed by atoms with Crippen LogP contribution in [0.2, 0.25) is 0 Å². The first-order valence-electron chi connectivity index (χ1n) is 7.61. The SMILES string of the molecule is O=C1CC(COCc2ccccc2)C(c2cccc(F)c2)C1. The highest BCUT2D eigenvalue weighted by Gasteiger charge is 2.34. The number of Topliss-reactive ketones (excluding diaryl/α,β-unsaturated/α-hetero) is 1. The molecule has 1 aliphatic carbocycles. The van der Waals surface area contributed by atoms with Crippen molar-refractivity contribution in [3.63, 3.8) is 0 Å². The summed E-state index contributed by atoms with van der Waals surface area (Å²) >= 11 is 0. The predicted molar refractivity (Wildman–Crippen MR) is 83.0 cm³/mol. The Hall–Kier alpha value is -2.00. The first-order chi connectivity index (χ1) is 10.7. The highest BCUT2D eigenvalue weighted by atomic mass is 19.1. The molecule has 2 atom stereocenters. The van der Waals surface area contributed by atoms with E-state index in [1.54, 1.807) is 6.07 Å². The van der Waals surface area contributed by atoms with Gasteiger partial charge in [-0.3, -0.25) is 4.79 Å². The van der Waals surface area contributed by atoms with Gasteiger partial charge in [-0.05, 0) is 35.1 Å². The molecule has 0 aliphatic heterocycles. The van der Waals surface area contributed by atoms with Crippen LogP contribution in [-0.4, -0.2) is 12.4 Å². The Bertz CT molecular complexity index is 639. The minimum absolute atomic E-state index is 0.0685. The lowest BCUT2D eigenvalue weighted by Crippen LogP contribution is -2.13. The molecular weight excluding hydrogens is 279 g/mol. The molecule has 0 amide bonds. The van der Waals surface area contributed by atoms with E-state index >= 15 is 0 Å². The Morgan fingerprint density at radius 1 is 1.05 bits per heavy atom. The topological polar surface area (TPSA) is 26.3 Å². The van der Waals surface area contributed by atoms with Crippen LogP contribution in [0.5, 0.6) is 0 Å². The highest BCUT2D eigenvalue weighted by molar-refractivity contribution is 5.82. The van der Waals surface area contributed by atoms with Gasteiger partial charge in [-0.1, -0.05) is 42.5 Å². The second-order valence-corrected chi connectivity index (χ2v) is 5.87. The number of ether oxygens (including phenoxy) is 1. The van der Waals surface area contributed by atoms with E-state index in [-0.39, 0.29) is 23.4 Å². The van der Waals surface area contributed by atoms with Crippen LogP contribution in [0.25, 0.3) is 0 Å². The van der Waals surface area contributed by atoms with E-state index < -0.39 is 0 Å². The summed E-state index contributed by atoms with van der Waals surface area (Å²) in [5, 5.41) is 0. The molecule has 3 heteroatoms. The van der Waals surface area contributed by atoms with Gasteiger partial charge in [-0.25, -0.2) is 4.39 Å². The van der Waals surface area contributed by atoms with Crippen molar-refractivity contribution in [2.75, 3.05) is 6.61 Å². The van der Waals surface area contributed by atoms with Crippen LogP contribution in [0.1, 0.15) is 29.9 Å². The molecule has 2 aromatic rings. The normalized spacial score (nSPS) is 21.2. The van der Waals surface area contributed by atoms with Gasteiger partial charge in [0.1, 0.15) is 11.6 Å². The van der Waals surface area contributed by atoms with Crippen molar-refractivity contribution >= 4 is 5.78 Å². The van der Waals surface area contributed by atoms with Crippen LogP contribution < -0.4 is 0 Å². The zero-order valence-corrected chi connectivity index (χ0v) is 12.4. The molecule has 0 radical (unpaired) electrons. The third-order valence-corrected chi connectivity index (χ3v) is 4.23. The average molecular weight is 298 g/mol. The molecule has 0 saturated heterocycles. The van der Waals surface area contributed by atoms with Crippen LogP contribution in [0.15, 0.2) is 54.6 Å². The summed E-state index contributed by atoms with van der Waals surface area (Å²) in [6.45, 7) is 1.07. The number of carbonyl (C=O) groups is 1. The molecule has 1 saturated carbocycles. The van der Waals surface area contributed by atoms with Gasteiger partial charge in [-0.15, -0.1) is 0 Å². The minimum Gasteiger partial charge on any atom is -0.376 e. The van der Waals surface area contributed by atoms with Gasteiger partial charge >= 0.3 is 0 Å². The van der Waals surface area contributed by atoms with E-state index in [9.17, 15) is 9.18 Å². The van der Waals surface area contributed by atoms with Crippen molar-refractivity contribution in [3.05, 3.63) is 71.5 Å². The Morgan fingerprint density at radius 2 is 1.86 bits per heavy atom. The molecule has 0 spiro atoms. The largest absolute Gasteiger partial charge is 0.376 e. The molecule has 0 bridgehead atoms. The molecule has 0 aromatic heterocycles. The number of benzene rings is 2. The van der Waals surface area contributed by atoms with Crippen molar-refractivity contribution < 1.29 is 13.9 Å². The Balaban J connectivity index is 1.62. The third kappa shape index (κ3) is 3.60. The smallest absolute Gasteiger partial charge is 0.133 e. The van der Waals surface area contributed by atoms with Gasteiger partial charge in [0.2, 0.25) is 0 Å². The fourth-order valence-electron chi connectivity index (χ4n) is 3.13. The molecule has 1 fully saturated rings. The maximum absolute atomic E-state index is 13.4. The van der Waals surface area contributed by atoms with Crippen LogP contribution in [0, 0.1) is 11.7 Å². The fourth-order valence-corrected chi connectivity index (χ4v) is 3.13. The van der Waals surface area contributed by atoms with Crippen molar-refractivity contribution in [1.29, 1.82) is 0 Å². The predicted octanol–water partition coefficient (Wildman–Crippen LogP) is 4.11. The summed E-state index contributed by atoms with van der Waals surface area (Å²) in [5.74, 6) is 0.195. The standard InChI is InChI=1S/C19H19FO2/c20-17-8-4-7-15(9-17)19-11-18(21)10-16(19)13-22-12-14-5-2-1-3-6-14/h1-9,16,19H,10-13H2. The van der Waals surface area contributed by atoms with E-state index in [4.69, 9.17) is 4.74 Å². The molecule has 1 aliphatic rings. The number of hydrogen-bond acceptors (Lipinski definition) is 2. The first-order valence-corrected chi connectivity index (χ1v) is 7.61. The summed E-state index contributed by atoms with van der Waals surface area (Å²) in [6.07, 6.45) is 1.01.